The van der Waals surface area contributed by atoms with Crippen molar-refractivity contribution in [2.45, 2.75) is 32.5 Å². The van der Waals surface area contributed by atoms with Crippen molar-refractivity contribution in [3.63, 3.8) is 0 Å². The third-order valence-electron chi connectivity index (χ3n) is 3.99. The van der Waals surface area contributed by atoms with Gasteiger partial charge in [0.1, 0.15) is 5.84 Å². The summed E-state index contributed by atoms with van der Waals surface area (Å²) in [7, 11) is 0. The van der Waals surface area contributed by atoms with Crippen molar-refractivity contribution in [1.29, 1.82) is 5.41 Å². The summed E-state index contributed by atoms with van der Waals surface area (Å²) in [5, 5.41) is 10.9. The van der Waals surface area contributed by atoms with Gasteiger partial charge in [0, 0.05) is 19.5 Å². The van der Waals surface area contributed by atoms with Crippen LogP contribution in [0.2, 0.25) is 0 Å². The van der Waals surface area contributed by atoms with E-state index in [2.05, 4.69) is 61.2 Å². The molecular weight excluding hydrogens is 296 g/mol. The van der Waals surface area contributed by atoms with Gasteiger partial charge in [-0.15, -0.1) is 12.4 Å². The molecule has 118 valence electrons. The summed E-state index contributed by atoms with van der Waals surface area (Å²) in [6.07, 6.45) is 1.08. The van der Waals surface area contributed by atoms with Crippen LogP contribution in [0.1, 0.15) is 19.4 Å². The number of hydrogen-bond acceptors (Lipinski definition) is 2. The van der Waals surface area contributed by atoms with Gasteiger partial charge in [-0.25, -0.2) is 0 Å². The zero-order chi connectivity index (χ0) is 14.8. The molecule has 2 unspecified atom stereocenters. The molecule has 1 fully saturated rings. The number of hydrogen-bond donors (Lipinski definition) is 1. The third-order valence-corrected chi connectivity index (χ3v) is 3.99. The van der Waals surface area contributed by atoms with E-state index >= 15 is 0 Å². The Balaban J connectivity index is 0.00000176. The van der Waals surface area contributed by atoms with Gasteiger partial charge in [0.15, 0.2) is 0 Å². The topological polar surface area (TPSA) is 36.3 Å². The van der Waals surface area contributed by atoms with Crippen LogP contribution < -0.4 is 0 Å². The average molecular weight is 319 g/mol. The number of fused-ring (bicyclic) bond motifs is 1. The van der Waals surface area contributed by atoms with E-state index in [0.29, 0.717) is 12.3 Å². The van der Waals surface area contributed by atoms with Crippen molar-refractivity contribution < 1.29 is 4.74 Å². The molecule has 0 aliphatic carbocycles. The van der Waals surface area contributed by atoms with Crippen LogP contribution in [0.15, 0.2) is 42.5 Å². The maximum atomic E-state index is 8.38. The third kappa shape index (κ3) is 3.79. The molecule has 1 saturated heterocycles. The molecule has 1 heterocycles. The van der Waals surface area contributed by atoms with E-state index in [4.69, 9.17) is 10.1 Å². The van der Waals surface area contributed by atoms with Crippen LogP contribution >= 0.6 is 12.4 Å². The number of morpholine rings is 1. The van der Waals surface area contributed by atoms with Gasteiger partial charge in [-0.2, -0.15) is 0 Å². The molecule has 4 heteroatoms. The minimum absolute atomic E-state index is 0. The van der Waals surface area contributed by atoms with Gasteiger partial charge < -0.3 is 9.64 Å². The van der Waals surface area contributed by atoms with Gasteiger partial charge in [0.25, 0.3) is 0 Å². The van der Waals surface area contributed by atoms with Crippen molar-refractivity contribution in [2.75, 3.05) is 13.1 Å². The number of nitrogens with one attached hydrogen (secondary N) is 1. The highest BCUT2D eigenvalue weighted by Crippen LogP contribution is 2.18. The predicted octanol–water partition coefficient (Wildman–Crippen LogP) is 3.89. The molecule has 3 rings (SSSR count). The molecule has 2 atom stereocenters. The van der Waals surface area contributed by atoms with Crippen LogP contribution in [0, 0.1) is 5.41 Å². The normalized spacial score (nSPS) is 21.5. The molecule has 0 aromatic heterocycles. The lowest BCUT2D eigenvalue weighted by atomic mass is 10.0. The smallest absolute Gasteiger partial charge is 0.100 e. The summed E-state index contributed by atoms with van der Waals surface area (Å²) in [5.41, 5.74) is 1.20. The first kappa shape index (κ1) is 16.8. The van der Waals surface area contributed by atoms with E-state index < -0.39 is 0 Å². The highest BCUT2D eigenvalue weighted by molar-refractivity contribution is 5.86. The number of nitrogens with zero attached hydrogens (tertiary/aromatic N) is 1. The molecule has 2 aromatic carbocycles. The standard InChI is InChI=1S/C18H22N2O.ClH/c1-13-11-20(12-14(2)21-13)18(19)10-15-7-8-16-5-3-4-6-17(16)9-15;/h3-9,13-14,19H,10-12H2,1-2H3;1H. The second kappa shape index (κ2) is 7.12. The molecule has 0 saturated carbocycles. The molecular formula is C18H23ClN2O. The lowest BCUT2D eigenvalue weighted by Gasteiger charge is -2.37. The molecule has 2 aromatic rings. The molecule has 0 bridgehead atoms. The largest absolute Gasteiger partial charge is 0.372 e. The van der Waals surface area contributed by atoms with Crippen LogP contribution in [0.25, 0.3) is 10.8 Å². The van der Waals surface area contributed by atoms with Crippen LogP contribution in [-0.2, 0) is 11.2 Å². The first-order chi connectivity index (χ1) is 10.1. The fourth-order valence-corrected chi connectivity index (χ4v) is 3.05. The Hall–Kier alpha value is -1.58. The predicted molar refractivity (Wildman–Crippen MR) is 94.2 cm³/mol. The Morgan fingerprint density at radius 3 is 2.41 bits per heavy atom. The minimum Gasteiger partial charge on any atom is -0.372 e. The fraction of sp³-hybridized carbons (Fsp3) is 0.389. The molecule has 1 aliphatic heterocycles. The van der Waals surface area contributed by atoms with Crippen molar-refractivity contribution in [3.8, 4) is 0 Å². The second-order valence-corrected chi connectivity index (χ2v) is 5.97. The van der Waals surface area contributed by atoms with E-state index in [-0.39, 0.29) is 24.6 Å². The van der Waals surface area contributed by atoms with Crippen molar-refractivity contribution in [2.24, 2.45) is 0 Å². The first-order valence-electron chi connectivity index (χ1n) is 7.57. The quantitative estimate of drug-likeness (QED) is 0.673. The summed E-state index contributed by atoms with van der Waals surface area (Å²) in [6.45, 7) is 5.78. The van der Waals surface area contributed by atoms with E-state index in [9.17, 15) is 0 Å². The van der Waals surface area contributed by atoms with Gasteiger partial charge in [-0.1, -0.05) is 42.5 Å². The summed E-state index contributed by atoms with van der Waals surface area (Å²) in [5.74, 6) is 0.687. The summed E-state index contributed by atoms with van der Waals surface area (Å²) < 4.78 is 5.74. The van der Waals surface area contributed by atoms with Crippen LogP contribution in [0.5, 0.6) is 0 Å². The molecule has 1 N–H and O–H groups in total. The van der Waals surface area contributed by atoms with Gasteiger partial charge in [-0.3, -0.25) is 5.41 Å². The Labute approximate surface area is 138 Å². The zero-order valence-corrected chi connectivity index (χ0v) is 13.9. The Bertz CT molecular complexity index is 648. The van der Waals surface area contributed by atoms with Crippen LogP contribution in [0.4, 0.5) is 0 Å². The number of ether oxygens (including phenoxy) is 1. The lowest BCUT2D eigenvalue weighted by molar-refractivity contribution is -0.0486. The Morgan fingerprint density at radius 2 is 1.73 bits per heavy atom. The van der Waals surface area contributed by atoms with Crippen LogP contribution in [0.3, 0.4) is 0 Å². The second-order valence-electron chi connectivity index (χ2n) is 5.97. The maximum absolute atomic E-state index is 8.38. The van der Waals surface area contributed by atoms with E-state index in [1.807, 2.05) is 0 Å². The highest BCUT2D eigenvalue weighted by Gasteiger charge is 2.23. The maximum Gasteiger partial charge on any atom is 0.100 e. The first-order valence-corrected chi connectivity index (χ1v) is 7.57. The average Bonchev–Trinajstić information content (AvgIpc) is 2.46. The fourth-order valence-electron chi connectivity index (χ4n) is 3.05. The monoisotopic (exact) mass is 318 g/mol. The summed E-state index contributed by atoms with van der Waals surface area (Å²) in [4.78, 5) is 2.15. The van der Waals surface area contributed by atoms with Gasteiger partial charge >= 0.3 is 0 Å². The molecule has 1 aliphatic rings. The van der Waals surface area contributed by atoms with Gasteiger partial charge in [0.05, 0.1) is 12.2 Å². The Morgan fingerprint density at radius 1 is 1.09 bits per heavy atom. The molecule has 22 heavy (non-hydrogen) atoms. The summed E-state index contributed by atoms with van der Waals surface area (Å²) >= 11 is 0. The van der Waals surface area contributed by atoms with Crippen molar-refractivity contribution in [1.82, 2.24) is 4.90 Å². The van der Waals surface area contributed by atoms with E-state index in [0.717, 1.165) is 13.1 Å². The van der Waals surface area contributed by atoms with Gasteiger partial charge in [-0.05, 0) is 30.2 Å². The summed E-state index contributed by atoms with van der Waals surface area (Å²) in [6, 6.07) is 14.8. The highest BCUT2D eigenvalue weighted by atomic mass is 35.5. The minimum atomic E-state index is 0. The Kier molecular flexibility index (Phi) is 5.43. The van der Waals surface area contributed by atoms with Crippen molar-refractivity contribution in [3.05, 3.63) is 48.0 Å². The molecule has 0 spiro atoms. The van der Waals surface area contributed by atoms with Crippen LogP contribution in [-0.4, -0.2) is 36.0 Å². The number of amidine groups is 1. The SMILES string of the molecule is CC1CN(C(=N)Cc2ccc3ccccc3c2)CC(C)O1.Cl. The van der Waals surface area contributed by atoms with E-state index in [1.165, 1.54) is 16.3 Å². The molecule has 0 radical (unpaired) electrons. The molecule has 0 amide bonds. The van der Waals surface area contributed by atoms with E-state index in [1.54, 1.807) is 0 Å². The molecule has 3 nitrogen and oxygen atoms in total. The lowest BCUT2D eigenvalue weighted by Crippen LogP contribution is -2.48. The number of benzene rings is 2. The number of rotatable bonds is 2. The zero-order valence-electron chi connectivity index (χ0n) is 13.1. The number of halogens is 1. The van der Waals surface area contributed by atoms with Crippen molar-refractivity contribution >= 4 is 29.0 Å². The van der Waals surface area contributed by atoms with Gasteiger partial charge in [0.2, 0.25) is 0 Å².